The van der Waals surface area contributed by atoms with Crippen LogP contribution in [0.2, 0.25) is 5.15 Å². The number of halogens is 1. The topological polar surface area (TPSA) is 40.7 Å². The van der Waals surface area contributed by atoms with Gasteiger partial charge in [-0.15, -0.1) is 0 Å². The molecule has 0 aromatic carbocycles. The van der Waals surface area contributed by atoms with E-state index in [1.54, 1.807) is 6.20 Å². The zero-order valence-electron chi connectivity index (χ0n) is 7.26. The van der Waals surface area contributed by atoms with Gasteiger partial charge in [0.15, 0.2) is 5.15 Å². The molecular weight excluding hydrogens is 186 g/mol. The fourth-order valence-electron chi connectivity index (χ4n) is 1.36. The van der Waals surface area contributed by atoms with Crippen LogP contribution in [0.25, 0.3) is 10.9 Å². The fourth-order valence-corrected chi connectivity index (χ4v) is 1.58. The number of rotatable bonds is 2. The van der Waals surface area contributed by atoms with Gasteiger partial charge in [0.05, 0.1) is 5.52 Å². The summed E-state index contributed by atoms with van der Waals surface area (Å²) in [5.41, 5.74) is 2.03. The smallest absolute Gasteiger partial charge is 0.153 e. The monoisotopic (exact) mass is 195 g/mol. The van der Waals surface area contributed by atoms with Crippen molar-refractivity contribution in [2.75, 3.05) is 7.05 Å². The number of fused-ring (bicyclic) bond motifs is 1. The molecule has 0 aliphatic rings. The van der Waals surface area contributed by atoms with Gasteiger partial charge in [0.2, 0.25) is 0 Å². The van der Waals surface area contributed by atoms with Crippen molar-refractivity contribution in [1.82, 2.24) is 15.3 Å². The highest BCUT2D eigenvalue weighted by Gasteiger charge is 2.03. The summed E-state index contributed by atoms with van der Waals surface area (Å²) in [5, 5.41) is 4.70. The molecule has 13 heavy (non-hydrogen) atoms. The quantitative estimate of drug-likeness (QED) is 0.719. The second-order valence-electron chi connectivity index (χ2n) is 2.89. The van der Waals surface area contributed by atoms with E-state index in [4.69, 9.17) is 11.6 Å². The molecule has 0 amide bonds. The third-order valence-electron chi connectivity index (χ3n) is 1.92. The molecule has 0 aliphatic heterocycles. The molecule has 2 rings (SSSR count). The van der Waals surface area contributed by atoms with E-state index in [1.807, 2.05) is 13.1 Å². The van der Waals surface area contributed by atoms with Gasteiger partial charge in [-0.3, -0.25) is 0 Å². The van der Waals surface area contributed by atoms with E-state index >= 15 is 0 Å². The Hall–Kier alpha value is -1.06. The molecule has 68 valence electrons. The predicted molar refractivity (Wildman–Crippen MR) is 53.9 cm³/mol. The highest BCUT2D eigenvalue weighted by Crippen LogP contribution is 2.20. The first kappa shape index (κ1) is 8.53. The first-order valence-corrected chi connectivity index (χ1v) is 4.46. The summed E-state index contributed by atoms with van der Waals surface area (Å²) < 4.78 is 0. The van der Waals surface area contributed by atoms with Crippen molar-refractivity contribution in [2.45, 2.75) is 6.54 Å². The van der Waals surface area contributed by atoms with Crippen LogP contribution in [0.3, 0.4) is 0 Å². The lowest BCUT2D eigenvalue weighted by Gasteiger charge is -1.92. The maximum absolute atomic E-state index is 5.91. The molecule has 2 aromatic rings. The number of hydrogen-bond donors (Lipinski definition) is 2. The van der Waals surface area contributed by atoms with E-state index in [0.29, 0.717) is 5.15 Å². The van der Waals surface area contributed by atoms with Gasteiger partial charge in [-0.05, 0) is 19.2 Å². The Morgan fingerprint density at radius 2 is 2.46 bits per heavy atom. The molecule has 0 fully saturated rings. The Balaban J connectivity index is 2.55. The van der Waals surface area contributed by atoms with E-state index in [1.165, 1.54) is 0 Å². The highest BCUT2D eigenvalue weighted by molar-refractivity contribution is 6.33. The van der Waals surface area contributed by atoms with Crippen molar-refractivity contribution in [2.24, 2.45) is 0 Å². The molecule has 0 spiro atoms. The number of pyridine rings is 1. The van der Waals surface area contributed by atoms with Crippen molar-refractivity contribution < 1.29 is 0 Å². The van der Waals surface area contributed by atoms with Crippen LogP contribution < -0.4 is 5.32 Å². The van der Waals surface area contributed by atoms with Gasteiger partial charge in [0.25, 0.3) is 0 Å². The lowest BCUT2D eigenvalue weighted by Crippen LogP contribution is -2.04. The van der Waals surface area contributed by atoms with Crippen molar-refractivity contribution in [1.29, 1.82) is 0 Å². The molecule has 0 bridgehead atoms. The minimum Gasteiger partial charge on any atom is -0.355 e. The Kier molecular flexibility index (Phi) is 2.20. The van der Waals surface area contributed by atoms with Crippen LogP contribution in [0.15, 0.2) is 18.3 Å². The third-order valence-corrected chi connectivity index (χ3v) is 2.21. The lowest BCUT2D eigenvalue weighted by molar-refractivity contribution is 0.799. The van der Waals surface area contributed by atoms with Gasteiger partial charge < -0.3 is 10.3 Å². The number of hydrogen-bond acceptors (Lipinski definition) is 2. The van der Waals surface area contributed by atoms with Gasteiger partial charge in [0, 0.05) is 23.8 Å². The van der Waals surface area contributed by atoms with Gasteiger partial charge in [-0.25, -0.2) is 4.98 Å². The Morgan fingerprint density at radius 3 is 3.15 bits per heavy atom. The average molecular weight is 196 g/mol. The SMILES string of the molecule is CNCc1cc2ccnc(Cl)c2[nH]1. The number of nitrogens with one attached hydrogen (secondary N) is 2. The second kappa shape index (κ2) is 3.36. The van der Waals surface area contributed by atoms with Crippen LogP contribution in [0.5, 0.6) is 0 Å². The molecule has 3 nitrogen and oxygen atoms in total. The first-order valence-electron chi connectivity index (χ1n) is 4.08. The normalized spacial score (nSPS) is 10.9. The van der Waals surface area contributed by atoms with Crippen LogP contribution in [-0.4, -0.2) is 17.0 Å². The molecule has 0 saturated heterocycles. The molecule has 2 N–H and O–H groups in total. The largest absolute Gasteiger partial charge is 0.355 e. The first-order chi connectivity index (χ1) is 6.31. The van der Waals surface area contributed by atoms with E-state index in [2.05, 4.69) is 21.4 Å². The molecule has 0 radical (unpaired) electrons. The van der Waals surface area contributed by atoms with Crippen molar-refractivity contribution in [3.63, 3.8) is 0 Å². The second-order valence-corrected chi connectivity index (χ2v) is 3.25. The van der Waals surface area contributed by atoms with E-state index < -0.39 is 0 Å². The van der Waals surface area contributed by atoms with Crippen LogP contribution in [0.1, 0.15) is 5.69 Å². The van der Waals surface area contributed by atoms with Gasteiger partial charge in [0.1, 0.15) is 0 Å². The molecule has 0 atom stereocenters. The van der Waals surface area contributed by atoms with Crippen molar-refractivity contribution >= 4 is 22.5 Å². The molecule has 0 saturated carbocycles. The van der Waals surface area contributed by atoms with E-state index in [0.717, 1.165) is 23.1 Å². The molecular formula is C9H10ClN3. The van der Waals surface area contributed by atoms with Crippen LogP contribution >= 0.6 is 11.6 Å². The average Bonchev–Trinajstić information content (AvgIpc) is 2.49. The Labute approximate surface area is 81.1 Å². The summed E-state index contributed by atoms with van der Waals surface area (Å²) in [6.45, 7) is 0.811. The minimum atomic E-state index is 0.528. The van der Waals surface area contributed by atoms with Crippen molar-refractivity contribution in [3.8, 4) is 0 Å². The van der Waals surface area contributed by atoms with Crippen LogP contribution in [-0.2, 0) is 6.54 Å². The zero-order chi connectivity index (χ0) is 9.26. The number of aromatic amines is 1. The molecule has 0 aliphatic carbocycles. The lowest BCUT2D eigenvalue weighted by atomic mass is 10.3. The van der Waals surface area contributed by atoms with Crippen LogP contribution in [0.4, 0.5) is 0 Å². The fraction of sp³-hybridized carbons (Fsp3) is 0.222. The summed E-state index contributed by atoms with van der Waals surface area (Å²) in [6, 6.07) is 4.01. The van der Waals surface area contributed by atoms with Gasteiger partial charge in [-0.1, -0.05) is 11.6 Å². The maximum atomic E-state index is 5.91. The summed E-state index contributed by atoms with van der Waals surface area (Å²) in [7, 11) is 1.91. The van der Waals surface area contributed by atoms with E-state index in [9.17, 15) is 0 Å². The predicted octanol–water partition coefficient (Wildman–Crippen LogP) is 1.94. The Bertz CT molecular complexity index is 422. The van der Waals surface area contributed by atoms with Crippen LogP contribution in [0, 0.1) is 0 Å². The molecule has 0 unspecified atom stereocenters. The number of H-pyrrole nitrogens is 1. The van der Waals surface area contributed by atoms with Crippen molar-refractivity contribution in [3.05, 3.63) is 29.2 Å². The highest BCUT2D eigenvalue weighted by atomic mass is 35.5. The maximum Gasteiger partial charge on any atom is 0.153 e. The third kappa shape index (κ3) is 1.53. The van der Waals surface area contributed by atoms with Gasteiger partial charge in [-0.2, -0.15) is 0 Å². The van der Waals surface area contributed by atoms with E-state index in [-0.39, 0.29) is 0 Å². The Morgan fingerprint density at radius 1 is 1.62 bits per heavy atom. The van der Waals surface area contributed by atoms with Gasteiger partial charge >= 0.3 is 0 Å². The molecule has 2 aromatic heterocycles. The number of aromatic nitrogens is 2. The standard InChI is InChI=1S/C9H10ClN3/c1-11-5-7-4-6-2-3-12-9(10)8(6)13-7/h2-4,11,13H,5H2,1H3. The summed E-state index contributed by atoms with van der Waals surface area (Å²) >= 11 is 5.91. The number of nitrogens with zero attached hydrogens (tertiary/aromatic N) is 1. The minimum absolute atomic E-state index is 0.528. The molecule has 4 heteroatoms. The zero-order valence-corrected chi connectivity index (χ0v) is 8.02. The molecule has 2 heterocycles. The summed E-state index contributed by atoms with van der Waals surface area (Å²) in [6.07, 6.45) is 1.71. The summed E-state index contributed by atoms with van der Waals surface area (Å²) in [4.78, 5) is 7.20. The summed E-state index contributed by atoms with van der Waals surface area (Å²) in [5.74, 6) is 0.